The summed E-state index contributed by atoms with van der Waals surface area (Å²) in [7, 11) is 0. The summed E-state index contributed by atoms with van der Waals surface area (Å²) in [5.74, 6) is 3.36. The van der Waals surface area contributed by atoms with Gasteiger partial charge in [-0.15, -0.1) is 0 Å². The fourth-order valence-electron chi connectivity index (χ4n) is 10.6. The van der Waals surface area contributed by atoms with E-state index in [2.05, 4.69) is 192 Å². The Bertz CT molecular complexity index is 3330. The van der Waals surface area contributed by atoms with E-state index >= 15 is 0 Å². The molecule has 328 valence electrons. The molecule has 6 aliphatic rings. The van der Waals surface area contributed by atoms with Gasteiger partial charge in [0.2, 0.25) is 22.7 Å². The second kappa shape index (κ2) is 14.6. The van der Waals surface area contributed by atoms with Crippen LogP contribution >= 0.6 is 0 Å². The number of hydrogen-bond donors (Lipinski definition) is 0. The molecule has 0 amide bonds. The summed E-state index contributed by atoms with van der Waals surface area (Å²) in [6, 6.07) is 64.2. The van der Waals surface area contributed by atoms with E-state index in [9.17, 15) is 0 Å². The molecule has 8 heteroatoms. The molecule has 0 aromatic heterocycles. The summed E-state index contributed by atoms with van der Waals surface area (Å²) < 4.78 is 36.4. The van der Waals surface area contributed by atoms with Crippen molar-refractivity contribution in [1.29, 1.82) is 0 Å². The SMILES string of the molecule is CC1(C)c2ccc3c(c2)O[C@]2(Oc4c(cccc41)C=[N+]2c1ccccc1)[N+](c1ccccc1)=C3.CC1(C)c2cccc3c2OC2(Oc4c(cccc41)C=[N+]2c1ccccc1)[N+](c1ccccc1)=C3. The molecule has 8 aromatic carbocycles. The molecule has 0 fully saturated rings. The van der Waals surface area contributed by atoms with Crippen LogP contribution < -0.4 is 18.9 Å². The van der Waals surface area contributed by atoms with Crippen LogP contribution in [-0.2, 0) is 10.8 Å². The quantitative estimate of drug-likeness (QED) is 0.165. The van der Waals surface area contributed by atoms with Crippen molar-refractivity contribution in [3.63, 3.8) is 0 Å². The molecule has 6 aliphatic heterocycles. The Hall–Kier alpha value is -8.36. The van der Waals surface area contributed by atoms with Crippen LogP contribution in [0.3, 0.4) is 0 Å². The van der Waals surface area contributed by atoms with Gasteiger partial charge in [-0.2, -0.15) is 0 Å². The first-order chi connectivity index (χ1) is 33.1. The molecule has 2 spiro atoms. The molecule has 0 saturated carbocycles. The van der Waals surface area contributed by atoms with Crippen LogP contribution in [0.15, 0.2) is 194 Å². The van der Waals surface area contributed by atoms with E-state index < -0.39 is 12.1 Å². The average molecular weight is 889 g/mol. The van der Waals surface area contributed by atoms with Gasteiger partial charge in [0.1, 0.15) is 0 Å². The van der Waals surface area contributed by atoms with E-state index in [1.54, 1.807) is 0 Å². The maximum atomic E-state index is 7.06. The van der Waals surface area contributed by atoms with Gasteiger partial charge in [-0.05, 0) is 35.9 Å². The normalized spacial score (nSPS) is 19.2. The van der Waals surface area contributed by atoms with Gasteiger partial charge in [0.05, 0.1) is 22.3 Å². The van der Waals surface area contributed by atoms with Crippen molar-refractivity contribution in [2.45, 2.75) is 50.6 Å². The van der Waals surface area contributed by atoms with E-state index in [1.165, 1.54) is 5.56 Å². The van der Waals surface area contributed by atoms with Crippen LogP contribution in [0.1, 0.15) is 72.2 Å². The molecule has 1 atom stereocenters. The molecule has 0 saturated heterocycles. The van der Waals surface area contributed by atoms with Gasteiger partial charge in [0.15, 0.2) is 47.9 Å². The largest absolute Gasteiger partial charge is 0.714 e. The van der Waals surface area contributed by atoms with E-state index in [-0.39, 0.29) is 10.8 Å². The van der Waals surface area contributed by atoms with E-state index in [4.69, 9.17) is 18.9 Å². The summed E-state index contributed by atoms with van der Waals surface area (Å²) in [5.41, 5.74) is 12.1. The van der Waals surface area contributed by atoms with Crippen molar-refractivity contribution in [1.82, 2.24) is 0 Å². The summed E-state index contributed by atoms with van der Waals surface area (Å²) in [6.45, 7) is 8.98. The average Bonchev–Trinajstić information content (AvgIpc) is 3.38. The third kappa shape index (κ3) is 5.79. The van der Waals surface area contributed by atoms with Crippen LogP contribution in [0.2, 0.25) is 0 Å². The molecule has 14 rings (SSSR count). The minimum atomic E-state index is -1.27. The number of hydrogen-bond acceptors (Lipinski definition) is 4. The van der Waals surface area contributed by atoms with Gasteiger partial charge < -0.3 is 18.9 Å². The van der Waals surface area contributed by atoms with Gasteiger partial charge in [-0.25, -0.2) is 0 Å². The fourth-order valence-corrected chi connectivity index (χ4v) is 10.6. The molecule has 8 nitrogen and oxygen atoms in total. The van der Waals surface area contributed by atoms with Crippen molar-refractivity contribution < 1.29 is 37.2 Å². The molecule has 8 aromatic rings. The first-order valence-electron chi connectivity index (χ1n) is 23.2. The van der Waals surface area contributed by atoms with E-state index in [1.807, 2.05) is 72.8 Å². The first-order valence-corrected chi connectivity index (χ1v) is 23.2. The van der Waals surface area contributed by atoms with Crippen molar-refractivity contribution in [3.05, 3.63) is 239 Å². The van der Waals surface area contributed by atoms with Gasteiger partial charge in [-0.3, -0.25) is 0 Å². The van der Waals surface area contributed by atoms with Crippen LogP contribution in [0.5, 0.6) is 23.0 Å². The van der Waals surface area contributed by atoms with Crippen molar-refractivity contribution in [2.75, 3.05) is 0 Å². The highest BCUT2D eigenvalue weighted by atomic mass is 16.8. The lowest BCUT2D eigenvalue weighted by atomic mass is 9.75. The second-order valence-electron chi connectivity index (χ2n) is 19.0. The molecular formula is C60H48N4O4+4. The highest BCUT2D eigenvalue weighted by molar-refractivity contribution is 5.87. The Morgan fingerprint density at radius 3 is 1.03 bits per heavy atom. The Morgan fingerprint density at radius 2 is 0.647 bits per heavy atom. The number of rotatable bonds is 4. The van der Waals surface area contributed by atoms with Gasteiger partial charge in [0, 0.05) is 76.1 Å². The Kier molecular flexibility index (Phi) is 8.56. The Labute approximate surface area is 395 Å². The highest BCUT2D eigenvalue weighted by Gasteiger charge is 2.69. The van der Waals surface area contributed by atoms with Gasteiger partial charge >= 0.3 is 12.1 Å². The molecule has 0 unspecified atom stereocenters. The zero-order valence-corrected chi connectivity index (χ0v) is 38.2. The maximum Gasteiger partial charge on any atom is 0.714 e. The minimum absolute atomic E-state index is 0.261. The monoisotopic (exact) mass is 888 g/mol. The zero-order valence-electron chi connectivity index (χ0n) is 38.2. The summed E-state index contributed by atoms with van der Waals surface area (Å²) in [6.07, 6.45) is 8.58. The predicted octanol–water partition coefficient (Wildman–Crippen LogP) is 11.9. The Balaban J connectivity index is 0.000000134. The third-order valence-corrected chi connectivity index (χ3v) is 14.3. The first kappa shape index (κ1) is 40.0. The fraction of sp³-hybridized carbons (Fsp3) is 0.133. The minimum Gasteiger partial charge on any atom is -0.340 e. The summed E-state index contributed by atoms with van der Waals surface area (Å²) in [4.78, 5) is 0. The van der Waals surface area contributed by atoms with Crippen LogP contribution in [0.25, 0.3) is 0 Å². The molecule has 0 radical (unpaired) electrons. The number of nitrogens with zero attached hydrogens (tertiary/aromatic N) is 4. The van der Waals surface area contributed by atoms with Crippen LogP contribution in [-0.4, -0.2) is 55.2 Å². The van der Waals surface area contributed by atoms with Gasteiger partial charge in [0.25, 0.3) is 0 Å². The van der Waals surface area contributed by atoms with Crippen molar-refractivity contribution in [3.8, 4) is 23.0 Å². The standard InChI is InChI=1S/2C30H24N2O2/c1-29(2)25-17-9-11-21-19-31(23-13-5-3-6-14-23)30(33-27(21)25)32(24-15-7-4-8-16-24)20-22-12-10-18-26(29)28(22)34-30;1-29(2)23-17-16-21-19-31(24-11-5-3-6-12-24)30(33-27(21)18-23)32(25-13-7-4-8-14-25)20-22-10-9-15-26(29)28(22)34-30/h2*3-20H,1-2H3/q2*+2/t;30-/m.0/s1. The molecule has 7 bridgehead atoms. The summed E-state index contributed by atoms with van der Waals surface area (Å²) >= 11 is 0. The van der Waals surface area contributed by atoms with E-state index in [0.29, 0.717) is 0 Å². The number of fused-ring (bicyclic) bond motifs is 1. The smallest absolute Gasteiger partial charge is 0.340 e. The van der Waals surface area contributed by atoms with Crippen molar-refractivity contribution in [2.24, 2.45) is 0 Å². The van der Waals surface area contributed by atoms with Crippen molar-refractivity contribution >= 4 is 47.6 Å². The lowest BCUT2D eigenvalue weighted by Gasteiger charge is -2.39. The van der Waals surface area contributed by atoms with Gasteiger partial charge in [-0.1, -0.05) is 161 Å². The van der Waals surface area contributed by atoms with E-state index in [0.717, 1.165) is 84.7 Å². The summed E-state index contributed by atoms with van der Waals surface area (Å²) in [5, 5.41) is 0. The highest BCUT2D eigenvalue weighted by Crippen LogP contribution is 2.52. The number of ether oxygens (including phenoxy) is 4. The maximum absolute atomic E-state index is 7.06. The lowest BCUT2D eigenvalue weighted by Crippen LogP contribution is -2.62. The third-order valence-electron chi connectivity index (χ3n) is 14.3. The number of para-hydroxylation sites is 7. The zero-order chi connectivity index (χ0) is 45.8. The second-order valence-corrected chi connectivity index (χ2v) is 19.0. The molecule has 6 heterocycles. The molecule has 68 heavy (non-hydrogen) atoms. The molecule has 0 N–H and O–H groups in total. The van der Waals surface area contributed by atoms with Crippen LogP contribution in [0, 0.1) is 0 Å². The topological polar surface area (TPSA) is 49.0 Å². The predicted molar refractivity (Wildman–Crippen MR) is 264 cm³/mol. The van der Waals surface area contributed by atoms with Crippen LogP contribution in [0.4, 0.5) is 22.7 Å². The molecule has 0 aliphatic carbocycles. The Morgan fingerprint density at radius 1 is 0.309 bits per heavy atom. The number of benzene rings is 8. The lowest BCUT2D eigenvalue weighted by molar-refractivity contribution is -0.856. The molecular weight excluding hydrogens is 841 g/mol.